The van der Waals surface area contributed by atoms with Crippen LogP contribution in [0.4, 0.5) is 4.39 Å². The van der Waals surface area contributed by atoms with Gasteiger partial charge >= 0.3 is 0 Å². The Balaban J connectivity index is 1.71. The molecule has 0 fully saturated rings. The molecule has 0 spiro atoms. The van der Waals surface area contributed by atoms with Crippen molar-refractivity contribution >= 4 is 0 Å². The smallest absolute Gasteiger partial charge is 0.213 e. The Morgan fingerprint density at radius 3 is 2.76 bits per heavy atom. The molecule has 0 aliphatic heterocycles. The summed E-state index contributed by atoms with van der Waals surface area (Å²) in [5, 5.41) is 0. The first-order chi connectivity index (χ1) is 10.3. The van der Waals surface area contributed by atoms with Gasteiger partial charge in [0.2, 0.25) is 5.95 Å². The summed E-state index contributed by atoms with van der Waals surface area (Å²) in [4.78, 5) is 12.7. The van der Waals surface area contributed by atoms with Gasteiger partial charge in [-0.1, -0.05) is 12.1 Å². The lowest BCUT2D eigenvalue weighted by atomic mass is 10.1. The van der Waals surface area contributed by atoms with Crippen molar-refractivity contribution in [2.45, 2.75) is 12.8 Å². The lowest BCUT2D eigenvalue weighted by molar-refractivity contribution is 0.581. The minimum Gasteiger partial charge on any atom is -0.254 e. The first-order valence-electron chi connectivity index (χ1n) is 6.83. The van der Waals surface area contributed by atoms with Gasteiger partial charge in [0, 0.05) is 30.9 Å². The van der Waals surface area contributed by atoms with Gasteiger partial charge in [0.15, 0.2) is 0 Å². The molecule has 3 heterocycles. The zero-order valence-electron chi connectivity index (χ0n) is 11.3. The Hall–Kier alpha value is -2.62. The molecule has 0 radical (unpaired) electrons. The highest BCUT2D eigenvalue weighted by molar-refractivity contribution is 5.69. The average molecular weight is 277 g/mol. The van der Waals surface area contributed by atoms with E-state index >= 15 is 0 Å². The molecule has 0 saturated heterocycles. The van der Waals surface area contributed by atoms with Crippen molar-refractivity contribution in [3.8, 4) is 11.4 Å². The molecular weight excluding hydrogens is 265 g/mol. The van der Waals surface area contributed by atoms with Crippen molar-refractivity contribution in [3.05, 3.63) is 77.1 Å². The Morgan fingerprint density at radius 1 is 0.952 bits per heavy atom. The fraction of sp³-hybridized carbons (Fsp3) is 0.118. The van der Waals surface area contributed by atoms with Crippen LogP contribution in [0.5, 0.6) is 0 Å². The van der Waals surface area contributed by atoms with Crippen LogP contribution in [0.3, 0.4) is 0 Å². The van der Waals surface area contributed by atoms with Crippen molar-refractivity contribution in [1.29, 1.82) is 0 Å². The van der Waals surface area contributed by atoms with Crippen molar-refractivity contribution in [2.24, 2.45) is 0 Å². The van der Waals surface area contributed by atoms with Crippen molar-refractivity contribution < 1.29 is 4.39 Å². The Kier molecular flexibility index (Phi) is 2.74. The lowest BCUT2D eigenvalue weighted by Gasteiger charge is -2.05. The van der Waals surface area contributed by atoms with E-state index in [1.54, 1.807) is 6.20 Å². The maximum atomic E-state index is 13.1. The number of fused-ring (bicyclic) bond motifs is 3. The minimum atomic E-state index is -0.458. The zero-order valence-corrected chi connectivity index (χ0v) is 11.3. The lowest BCUT2D eigenvalue weighted by Crippen LogP contribution is -1.96. The summed E-state index contributed by atoms with van der Waals surface area (Å²) in [6, 6.07) is 11.4. The summed E-state index contributed by atoms with van der Waals surface area (Å²) in [7, 11) is 0. The first kappa shape index (κ1) is 12.1. The summed E-state index contributed by atoms with van der Waals surface area (Å²) in [5.74, 6) is -0.458. The van der Waals surface area contributed by atoms with Gasteiger partial charge in [-0.2, -0.15) is 4.39 Å². The molecule has 0 bridgehead atoms. The third-order valence-corrected chi connectivity index (χ3v) is 3.71. The van der Waals surface area contributed by atoms with E-state index in [9.17, 15) is 4.39 Å². The number of rotatable bonds is 2. The molecule has 0 unspecified atom stereocenters. The van der Waals surface area contributed by atoms with Crippen LogP contribution in [-0.2, 0) is 12.8 Å². The molecule has 1 aliphatic carbocycles. The fourth-order valence-electron chi connectivity index (χ4n) is 2.74. The molecule has 4 heteroatoms. The highest BCUT2D eigenvalue weighted by atomic mass is 19.1. The molecule has 0 N–H and O–H groups in total. The molecular formula is C17H12FN3. The first-order valence-corrected chi connectivity index (χ1v) is 6.83. The maximum absolute atomic E-state index is 13.1. The predicted molar refractivity (Wildman–Crippen MR) is 77.3 cm³/mol. The third-order valence-electron chi connectivity index (χ3n) is 3.71. The van der Waals surface area contributed by atoms with E-state index in [0.717, 1.165) is 29.1 Å². The Bertz CT molecular complexity index is 830. The van der Waals surface area contributed by atoms with Crippen LogP contribution in [0.15, 0.2) is 48.8 Å². The number of halogens is 1. The second-order valence-corrected chi connectivity index (χ2v) is 5.16. The van der Waals surface area contributed by atoms with E-state index in [0.29, 0.717) is 6.42 Å². The summed E-state index contributed by atoms with van der Waals surface area (Å²) in [6.45, 7) is 0. The molecule has 3 nitrogen and oxygen atoms in total. The molecule has 3 aromatic rings. The monoisotopic (exact) mass is 277 g/mol. The van der Waals surface area contributed by atoms with Crippen LogP contribution < -0.4 is 0 Å². The third kappa shape index (κ3) is 2.18. The normalized spacial score (nSPS) is 12.0. The molecule has 21 heavy (non-hydrogen) atoms. The van der Waals surface area contributed by atoms with E-state index in [-0.39, 0.29) is 0 Å². The number of aromatic nitrogens is 3. The molecule has 0 aromatic carbocycles. The van der Waals surface area contributed by atoms with Gasteiger partial charge in [-0.3, -0.25) is 9.97 Å². The highest BCUT2D eigenvalue weighted by Gasteiger charge is 2.20. The molecule has 0 amide bonds. The molecule has 3 aromatic heterocycles. The maximum Gasteiger partial charge on any atom is 0.213 e. The van der Waals surface area contributed by atoms with Gasteiger partial charge in [0.25, 0.3) is 0 Å². The number of hydrogen-bond donors (Lipinski definition) is 0. The van der Waals surface area contributed by atoms with Crippen molar-refractivity contribution in [1.82, 2.24) is 15.0 Å². The highest BCUT2D eigenvalue weighted by Crippen LogP contribution is 2.33. The van der Waals surface area contributed by atoms with E-state index in [1.807, 2.05) is 18.2 Å². The van der Waals surface area contributed by atoms with E-state index < -0.39 is 5.95 Å². The van der Waals surface area contributed by atoms with Crippen LogP contribution in [0.25, 0.3) is 11.4 Å². The van der Waals surface area contributed by atoms with E-state index in [4.69, 9.17) is 4.98 Å². The van der Waals surface area contributed by atoms with Crippen LogP contribution in [0, 0.1) is 5.95 Å². The summed E-state index contributed by atoms with van der Waals surface area (Å²) in [5.41, 5.74) is 6.13. The molecule has 1 aliphatic rings. The summed E-state index contributed by atoms with van der Waals surface area (Å²) in [6.07, 6.45) is 4.75. The molecule has 4 rings (SSSR count). The molecule has 0 atom stereocenters. The van der Waals surface area contributed by atoms with Gasteiger partial charge in [-0.05, 0) is 41.0 Å². The van der Waals surface area contributed by atoms with Crippen molar-refractivity contribution in [2.75, 3.05) is 0 Å². The Labute approximate surface area is 121 Å². The molecule has 102 valence electrons. The van der Waals surface area contributed by atoms with Crippen LogP contribution in [-0.4, -0.2) is 15.0 Å². The predicted octanol–water partition coefficient (Wildman–Crippen LogP) is 3.17. The second kappa shape index (κ2) is 4.74. The standard InChI is InChI=1S/C17H12FN3/c18-15-9-11(5-7-19-15)8-14-4-3-13-10-12-2-1-6-20-16(12)17(13)21-14/h1-7,9H,8,10H2. The topological polar surface area (TPSA) is 38.7 Å². The largest absolute Gasteiger partial charge is 0.254 e. The summed E-state index contributed by atoms with van der Waals surface area (Å²) >= 11 is 0. The van der Waals surface area contributed by atoms with Gasteiger partial charge in [0.1, 0.15) is 0 Å². The van der Waals surface area contributed by atoms with E-state index in [1.165, 1.54) is 23.4 Å². The summed E-state index contributed by atoms with van der Waals surface area (Å²) < 4.78 is 13.1. The average Bonchev–Trinajstić information content (AvgIpc) is 2.85. The zero-order chi connectivity index (χ0) is 14.2. The SMILES string of the molecule is Fc1cc(Cc2ccc3c(n2)-c2ncccc2C3)ccn1. The van der Waals surface area contributed by atoms with Gasteiger partial charge in [-0.15, -0.1) is 0 Å². The second-order valence-electron chi connectivity index (χ2n) is 5.16. The van der Waals surface area contributed by atoms with Crippen LogP contribution in [0.2, 0.25) is 0 Å². The van der Waals surface area contributed by atoms with Crippen molar-refractivity contribution in [3.63, 3.8) is 0 Å². The van der Waals surface area contributed by atoms with Gasteiger partial charge < -0.3 is 0 Å². The van der Waals surface area contributed by atoms with Gasteiger partial charge in [0.05, 0.1) is 11.4 Å². The van der Waals surface area contributed by atoms with Gasteiger partial charge in [-0.25, -0.2) is 4.98 Å². The molecule has 0 saturated carbocycles. The minimum absolute atomic E-state index is 0.458. The quantitative estimate of drug-likeness (QED) is 0.528. The Morgan fingerprint density at radius 2 is 1.86 bits per heavy atom. The van der Waals surface area contributed by atoms with E-state index in [2.05, 4.69) is 22.1 Å². The van der Waals surface area contributed by atoms with Crippen LogP contribution in [0.1, 0.15) is 22.4 Å². The number of hydrogen-bond acceptors (Lipinski definition) is 3. The van der Waals surface area contributed by atoms with Crippen LogP contribution >= 0.6 is 0 Å². The number of nitrogens with zero attached hydrogens (tertiary/aromatic N) is 3. The fourth-order valence-corrected chi connectivity index (χ4v) is 2.74. The number of pyridine rings is 3.